The van der Waals surface area contributed by atoms with Crippen molar-refractivity contribution >= 4 is 28.5 Å². The molecule has 1 aromatic heterocycles. The summed E-state index contributed by atoms with van der Waals surface area (Å²) in [4.78, 5) is 17.9. The van der Waals surface area contributed by atoms with E-state index in [-0.39, 0.29) is 5.69 Å². The van der Waals surface area contributed by atoms with Crippen LogP contribution in [0.2, 0.25) is 0 Å². The molecule has 1 aliphatic rings. The Morgan fingerprint density at radius 2 is 2.42 bits per heavy atom. The molecule has 2 aromatic rings. The first-order valence-corrected chi connectivity index (χ1v) is 7.21. The van der Waals surface area contributed by atoms with Gasteiger partial charge in [-0.25, -0.2) is 4.98 Å². The number of nitro benzene ring substituents is 1. The van der Waals surface area contributed by atoms with E-state index in [1.807, 2.05) is 0 Å². The highest BCUT2D eigenvalue weighted by Gasteiger charge is 2.15. The van der Waals surface area contributed by atoms with E-state index >= 15 is 0 Å². The van der Waals surface area contributed by atoms with E-state index in [1.54, 1.807) is 17.8 Å². The minimum atomic E-state index is -0.393. The molecule has 0 amide bonds. The first-order chi connectivity index (χ1) is 9.22. The monoisotopic (exact) mass is 278 g/mol. The maximum atomic E-state index is 10.7. The van der Waals surface area contributed by atoms with Gasteiger partial charge in [0.25, 0.3) is 5.69 Å². The van der Waals surface area contributed by atoms with E-state index in [9.17, 15) is 10.1 Å². The highest BCUT2D eigenvalue weighted by Crippen LogP contribution is 2.24. The molecule has 0 bridgehead atoms. The van der Waals surface area contributed by atoms with Gasteiger partial charge in [-0.15, -0.1) is 0 Å². The molecule has 100 valence electrons. The lowest BCUT2D eigenvalue weighted by Crippen LogP contribution is -2.23. The Labute approximate surface area is 114 Å². The highest BCUT2D eigenvalue weighted by molar-refractivity contribution is 7.99. The summed E-state index contributed by atoms with van der Waals surface area (Å²) >= 11 is 1.66. The predicted molar refractivity (Wildman–Crippen MR) is 74.5 cm³/mol. The van der Waals surface area contributed by atoms with Crippen LogP contribution in [0.15, 0.2) is 23.4 Å². The Morgan fingerprint density at radius 1 is 1.53 bits per heavy atom. The quantitative estimate of drug-likeness (QED) is 0.509. The van der Waals surface area contributed by atoms with E-state index in [2.05, 4.69) is 15.3 Å². The highest BCUT2D eigenvalue weighted by atomic mass is 32.2. The molecule has 1 saturated heterocycles. The maximum Gasteiger partial charge on any atom is 0.271 e. The molecule has 0 unspecified atom stereocenters. The number of H-pyrrole nitrogens is 1. The second kappa shape index (κ2) is 5.18. The lowest BCUT2D eigenvalue weighted by molar-refractivity contribution is -0.384. The molecule has 0 radical (unpaired) electrons. The van der Waals surface area contributed by atoms with Crippen molar-refractivity contribution in [2.45, 2.75) is 24.0 Å². The lowest BCUT2D eigenvalue weighted by Gasteiger charge is -2.06. The number of hydrogen-bond acceptors (Lipinski definition) is 5. The number of non-ortho nitro benzene ring substituents is 1. The molecule has 3 rings (SSSR count). The van der Waals surface area contributed by atoms with E-state index in [1.165, 1.54) is 25.0 Å². The van der Waals surface area contributed by atoms with Crippen LogP contribution < -0.4 is 5.32 Å². The Hall–Kier alpha value is -1.60. The summed E-state index contributed by atoms with van der Waals surface area (Å²) in [5.41, 5.74) is 1.58. The second-order valence-corrected chi connectivity index (χ2v) is 5.61. The predicted octanol–water partition coefficient (Wildman–Crippen LogP) is 2.32. The molecular weight excluding hydrogens is 264 g/mol. The Balaban J connectivity index is 1.75. The average Bonchev–Trinajstić information content (AvgIpc) is 3.04. The third-order valence-electron chi connectivity index (χ3n) is 3.24. The van der Waals surface area contributed by atoms with Crippen molar-refractivity contribution in [1.82, 2.24) is 15.3 Å². The van der Waals surface area contributed by atoms with E-state index < -0.39 is 4.92 Å². The van der Waals surface area contributed by atoms with Gasteiger partial charge in [-0.1, -0.05) is 11.8 Å². The van der Waals surface area contributed by atoms with Gasteiger partial charge in [0.05, 0.1) is 16.0 Å². The summed E-state index contributed by atoms with van der Waals surface area (Å²) in [6.45, 7) is 1.09. The minimum absolute atomic E-state index is 0.0881. The van der Waals surface area contributed by atoms with Gasteiger partial charge >= 0.3 is 0 Å². The second-order valence-electron chi connectivity index (χ2n) is 4.60. The third-order valence-corrected chi connectivity index (χ3v) is 4.27. The van der Waals surface area contributed by atoms with Gasteiger partial charge in [-0.2, -0.15) is 0 Å². The van der Waals surface area contributed by atoms with Gasteiger partial charge in [0.2, 0.25) is 0 Å². The van der Waals surface area contributed by atoms with E-state index in [4.69, 9.17) is 0 Å². The average molecular weight is 278 g/mol. The van der Waals surface area contributed by atoms with E-state index in [0.29, 0.717) is 6.04 Å². The maximum absolute atomic E-state index is 10.7. The molecule has 1 aromatic carbocycles. The number of aromatic nitrogens is 2. The van der Waals surface area contributed by atoms with Gasteiger partial charge < -0.3 is 10.3 Å². The van der Waals surface area contributed by atoms with Crippen LogP contribution in [-0.2, 0) is 0 Å². The van der Waals surface area contributed by atoms with Gasteiger partial charge in [-0.05, 0) is 25.5 Å². The molecule has 2 heterocycles. The van der Waals surface area contributed by atoms with Crippen molar-refractivity contribution in [3.8, 4) is 0 Å². The molecule has 1 fully saturated rings. The van der Waals surface area contributed by atoms with Gasteiger partial charge in [-0.3, -0.25) is 10.1 Å². The van der Waals surface area contributed by atoms with Crippen LogP contribution in [0.3, 0.4) is 0 Å². The molecule has 2 N–H and O–H groups in total. The molecule has 0 spiro atoms. The van der Waals surface area contributed by atoms with Crippen molar-refractivity contribution in [2.24, 2.45) is 0 Å². The Bertz CT molecular complexity index is 607. The molecule has 6 nitrogen and oxygen atoms in total. The van der Waals surface area contributed by atoms with Gasteiger partial charge in [0.1, 0.15) is 0 Å². The van der Waals surface area contributed by atoms with Crippen LogP contribution in [0, 0.1) is 10.1 Å². The molecular formula is C12H14N4O2S. The number of nitrogens with one attached hydrogen (secondary N) is 2. The smallest absolute Gasteiger partial charge is 0.271 e. The number of hydrogen-bond donors (Lipinski definition) is 2. The van der Waals surface area contributed by atoms with Crippen molar-refractivity contribution in [3.63, 3.8) is 0 Å². The topological polar surface area (TPSA) is 83.8 Å². The molecule has 0 saturated carbocycles. The van der Waals surface area contributed by atoms with Crippen molar-refractivity contribution in [3.05, 3.63) is 28.3 Å². The molecule has 1 atom stereocenters. The summed E-state index contributed by atoms with van der Waals surface area (Å²) < 4.78 is 0. The van der Waals surface area contributed by atoms with Crippen LogP contribution in [0.5, 0.6) is 0 Å². The van der Waals surface area contributed by atoms with Crippen molar-refractivity contribution in [1.29, 1.82) is 0 Å². The summed E-state index contributed by atoms with van der Waals surface area (Å²) in [7, 11) is 0. The molecule has 19 heavy (non-hydrogen) atoms. The van der Waals surface area contributed by atoms with Crippen LogP contribution >= 0.6 is 11.8 Å². The summed E-state index contributed by atoms with van der Waals surface area (Å²) in [5.74, 6) is 0.974. The first-order valence-electron chi connectivity index (χ1n) is 6.23. The fourth-order valence-corrected chi connectivity index (χ4v) is 3.22. The number of benzene rings is 1. The van der Waals surface area contributed by atoms with Crippen LogP contribution in [0.1, 0.15) is 12.8 Å². The Kier molecular flexibility index (Phi) is 3.39. The largest absolute Gasteiger partial charge is 0.333 e. The number of nitrogens with zero attached hydrogens (tertiary/aromatic N) is 2. The summed E-state index contributed by atoms with van der Waals surface area (Å²) in [6.07, 6.45) is 2.44. The van der Waals surface area contributed by atoms with Crippen LogP contribution in [0.4, 0.5) is 5.69 Å². The zero-order valence-electron chi connectivity index (χ0n) is 10.3. The molecule has 7 heteroatoms. The number of nitro groups is 1. The van der Waals surface area contributed by atoms with Gasteiger partial charge in [0.15, 0.2) is 5.16 Å². The number of fused-ring (bicyclic) bond motifs is 1. The summed E-state index contributed by atoms with van der Waals surface area (Å²) in [6, 6.07) is 5.24. The first kappa shape index (κ1) is 12.4. The summed E-state index contributed by atoms with van der Waals surface area (Å²) in [5, 5.41) is 15.0. The molecule has 0 aliphatic carbocycles. The number of imidazole rings is 1. The fourth-order valence-electron chi connectivity index (χ4n) is 2.23. The lowest BCUT2D eigenvalue weighted by atomic mass is 10.3. The number of rotatable bonds is 4. The van der Waals surface area contributed by atoms with Crippen molar-refractivity contribution < 1.29 is 4.92 Å². The zero-order valence-corrected chi connectivity index (χ0v) is 11.1. The third kappa shape index (κ3) is 2.71. The van der Waals surface area contributed by atoms with Crippen LogP contribution in [-0.4, -0.2) is 33.2 Å². The van der Waals surface area contributed by atoms with Gasteiger partial charge in [0, 0.05) is 23.9 Å². The zero-order chi connectivity index (χ0) is 13.2. The normalized spacial score (nSPS) is 19.1. The van der Waals surface area contributed by atoms with Crippen LogP contribution in [0.25, 0.3) is 11.0 Å². The fraction of sp³-hybridized carbons (Fsp3) is 0.417. The molecule has 1 aliphatic heterocycles. The van der Waals surface area contributed by atoms with E-state index in [0.717, 1.165) is 28.5 Å². The number of thioether (sulfide) groups is 1. The van der Waals surface area contributed by atoms with Crippen molar-refractivity contribution in [2.75, 3.05) is 12.3 Å². The SMILES string of the molecule is O=[N+]([O-])c1ccc2nc(SC[C@H]3CCCN3)[nH]c2c1. The number of aromatic amines is 1. The minimum Gasteiger partial charge on any atom is -0.333 e. The standard InChI is InChI=1S/C12H14N4O2S/c17-16(18)9-3-4-10-11(6-9)15-12(14-10)19-7-8-2-1-5-13-8/h3-4,6,8,13H,1-2,5,7H2,(H,14,15)/t8-/m1/s1. The Morgan fingerprint density at radius 3 is 3.16 bits per heavy atom.